The number of carbonyl (C=O) groups is 1. The molecule has 0 atom stereocenters. The summed E-state index contributed by atoms with van der Waals surface area (Å²) in [5, 5.41) is 6.82. The fourth-order valence-corrected chi connectivity index (χ4v) is 4.05. The number of nitrogens with zero attached hydrogens (tertiary/aromatic N) is 2. The van der Waals surface area contributed by atoms with Crippen molar-refractivity contribution in [3.8, 4) is 0 Å². The normalized spacial score (nSPS) is 11.6. The Hall–Kier alpha value is -2.15. The molecule has 0 fully saturated rings. The number of aromatic nitrogens is 2. The molecule has 0 radical (unpaired) electrons. The molecule has 0 saturated carbocycles. The van der Waals surface area contributed by atoms with Gasteiger partial charge >= 0.3 is 0 Å². The molecule has 0 aliphatic rings. The van der Waals surface area contributed by atoms with Gasteiger partial charge < -0.3 is 5.32 Å². The first-order chi connectivity index (χ1) is 11.4. The van der Waals surface area contributed by atoms with Crippen LogP contribution < -0.4 is 5.32 Å². The summed E-state index contributed by atoms with van der Waals surface area (Å²) in [7, 11) is -3.39. The monoisotopic (exact) mass is 349 g/mol. The summed E-state index contributed by atoms with van der Waals surface area (Å²) < 4.78 is 25.5. The maximum atomic E-state index is 12.0. The second kappa shape index (κ2) is 8.10. The van der Waals surface area contributed by atoms with Crippen molar-refractivity contribution >= 4 is 21.6 Å². The van der Waals surface area contributed by atoms with E-state index in [1.165, 1.54) is 5.56 Å². The van der Waals surface area contributed by atoms with Gasteiger partial charge in [0.2, 0.25) is 5.91 Å². The van der Waals surface area contributed by atoms with Crippen LogP contribution in [0.3, 0.4) is 0 Å². The molecule has 1 aromatic carbocycles. The van der Waals surface area contributed by atoms with E-state index in [9.17, 15) is 13.2 Å². The van der Waals surface area contributed by atoms with Crippen LogP contribution in [-0.4, -0.2) is 35.6 Å². The number of amides is 1. The molecular weight excluding hydrogens is 326 g/mol. The molecule has 1 heterocycles. The molecule has 0 aliphatic carbocycles. The van der Waals surface area contributed by atoms with Gasteiger partial charge in [0.1, 0.15) is 11.6 Å². The maximum absolute atomic E-state index is 12.0. The quantitative estimate of drug-likeness (QED) is 0.792. The number of rotatable bonds is 8. The van der Waals surface area contributed by atoms with Gasteiger partial charge in [-0.15, -0.1) is 0 Å². The number of hydrogen-bond acceptors (Lipinski definition) is 4. The van der Waals surface area contributed by atoms with Crippen molar-refractivity contribution in [3.63, 3.8) is 0 Å². The zero-order valence-electron chi connectivity index (χ0n) is 14.0. The van der Waals surface area contributed by atoms with Gasteiger partial charge in [0, 0.05) is 12.6 Å². The second-order valence-corrected chi connectivity index (χ2v) is 8.28. The topological polar surface area (TPSA) is 81.1 Å². The predicted octanol–water partition coefficient (Wildman–Crippen LogP) is 2.14. The highest BCUT2D eigenvalue weighted by molar-refractivity contribution is 7.92. The first-order valence-electron chi connectivity index (χ1n) is 7.92. The molecule has 0 unspecified atom stereocenters. The van der Waals surface area contributed by atoms with E-state index in [1.807, 2.05) is 44.2 Å². The summed E-state index contributed by atoms with van der Waals surface area (Å²) in [6, 6.07) is 11.6. The minimum atomic E-state index is -3.39. The predicted molar refractivity (Wildman–Crippen MR) is 94.5 cm³/mol. The van der Waals surface area contributed by atoms with E-state index in [-0.39, 0.29) is 11.7 Å². The van der Waals surface area contributed by atoms with Crippen LogP contribution >= 0.6 is 0 Å². The highest BCUT2D eigenvalue weighted by Crippen LogP contribution is 2.10. The zero-order valence-corrected chi connectivity index (χ0v) is 14.8. The number of benzene rings is 1. The van der Waals surface area contributed by atoms with Gasteiger partial charge in [0.05, 0.1) is 11.9 Å². The SMILES string of the molecule is CC(C)CS(=O)(=O)CC(=O)Nc1ccnn1CCc1ccccc1. The minimum absolute atomic E-state index is 0.000740. The Labute approximate surface area is 142 Å². The number of nitrogens with one attached hydrogen (secondary N) is 1. The number of anilines is 1. The number of carbonyl (C=O) groups excluding carboxylic acids is 1. The van der Waals surface area contributed by atoms with Gasteiger partial charge in [-0.3, -0.25) is 4.79 Å². The van der Waals surface area contributed by atoms with Gasteiger partial charge in [0.15, 0.2) is 9.84 Å². The van der Waals surface area contributed by atoms with E-state index in [0.29, 0.717) is 12.4 Å². The van der Waals surface area contributed by atoms with Crippen LogP contribution in [0.1, 0.15) is 19.4 Å². The zero-order chi connectivity index (χ0) is 17.6. The van der Waals surface area contributed by atoms with Crippen molar-refractivity contribution in [2.24, 2.45) is 5.92 Å². The van der Waals surface area contributed by atoms with Crippen molar-refractivity contribution in [1.82, 2.24) is 9.78 Å². The first-order valence-corrected chi connectivity index (χ1v) is 9.74. The van der Waals surface area contributed by atoms with E-state index in [4.69, 9.17) is 0 Å². The van der Waals surface area contributed by atoms with Crippen molar-refractivity contribution < 1.29 is 13.2 Å². The van der Waals surface area contributed by atoms with Gasteiger partial charge in [-0.1, -0.05) is 44.2 Å². The van der Waals surface area contributed by atoms with Gasteiger partial charge in [-0.2, -0.15) is 5.10 Å². The smallest absolute Gasteiger partial charge is 0.240 e. The molecule has 7 heteroatoms. The Balaban J connectivity index is 1.94. The van der Waals surface area contributed by atoms with Crippen LogP contribution in [0.5, 0.6) is 0 Å². The van der Waals surface area contributed by atoms with Gasteiger partial charge in [-0.05, 0) is 17.9 Å². The molecule has 2 aromatic rings. The summed E-state index contributed by atoms with van der Waals surface area (Å²) in [6.07, 6.45) is 2.36. The van der Waals surface area contributed by atoms with Crippen LogP contribution in [0.2, 0.25) is 0 Å². The lowest BCUT2D eigenvalue weighted by Gasteiger charge is -2.10. The van der Waals surface area contributed by atoms with Crippen LogP contribution in [0.15, 0.2) is 42.6 Å². The average Bonchev–Trinajstić information content (AvgIpc) is 2.91. The van der Waals surface area contributed by atoms with E-state index in [2.05, 4.69) is 10.4 Å². The molecule has 1 aromatic heterocycles. The summed E-state index contributed by atoms with van der Waals surface area (Å²) in [4.78, 5) is 12.0. The Morgan fingerprint density at radius 1 is 1.21 bits per heavy atom. The van der Waals surface area contributed by atoms with E-state index in [1.54, 1.807) is 16.9 Å². The molecule has 1 amide bonds. The Morgan fingerprint density at radius 2 is 1.92 bits per heavy atom. The molecule has 2 rings (SSSR count). The fourth-order valence-electron chi connectivity index (χ4n) is 2.44. The van der Waals surface area contributed by atoms with Crippen molar-refractivity contribution in [2.75, 3.05) is 16.8 Å². The van der Waals surface area contributed by atoms with E-state index < -0.39 is 21.5 Å². The number of sulfone groups is 1. The first kappa shape index (κ1) is 18.2. The van der Waals surface area contributed by atoms with Crippen LogP contribution in [0.25, 0.3) is 0 Å². The summed E-state index contributed by atoms with van der Waals surface area (Å²) in [5.41, 5.74) is 1.17. The summed E-state index contributed by atoms with van der Waals surface area (Å²) in [6.45, 7) is 4.23. The Morgan fingerprint density at radius 3 is 2.58 bits per heavy atom. The summed E-state index contributed by atoms with van der Waals surface area (Å²) in [5.74, 6) is -0.519. The third-order valence-electron chi connectivity index (χ3n) is 3.38. The summed E-state index contributed by atoms with van der Waals surface area (Å²) >= 11 is 0. The lowest BCUT2D eigenvalue weighted by Crippen LogP contribution is -2.27. The largest absolute Gasteiger partial charge is 0.310 e. The average molecular weight is 349 g/mol. The standard InChI is InChI=1S/C17H23N3O3S/c1-14(2)12-24(22,23)13-17(21)19-16-8-10-18-20(16)11-9-15-6-4-3-5-7-15/h3-8,10,14H,9,11-13H2,1-2H3,(H,19,21). The molecule has 0 saturated heterocycles. The third-order valence-corrected chi connectivity index (χ3v) is 5.25. The lowest BCUT2D eigenvalue weighted by atomic mass is 10.1. The van der Waals surface area contributed by atoms with Crippen LogP contribution in [-0.2, 0) is 27.6 Å². The molecule has 0 aliphatic heterocycles. The number of aryl methyl sites for hydroxylation is 2. The van der Waals surface area contributed by atoms with Crippen molar-refractivity contribution in [2.45, 2.75) is 26.8 Å². The minimum Gasteiger partial charge on any atom is -0.310 e. The molecule has 1 N–H and O–H groups in total. The van der Waals surface area contributed by atoms with E-state index in [0.717, 1.165) is 6.42 Å². The van der Waals surface area contributed by atoms with E-state index >= 15 is 0 Å². The Kier molecular flexibility index (Phi) is 6.14. The number of hydrogen-bond donors (Lipinski definition) is 1. The van der Waals surface area contributed by atoms with Crippen molar-refractivity contribution in [1.29, 1.82) is 0 Å². The van der Waals surface area contributed by atoms with Crippen LogP contribution in [0, 0.1) is 5.92 Å². The fraction of sp³-hybridized carbons (Fsp3) is 0.412. The van der Waals surface area contributed by atoms with Gasteiger partial charge in [0.25, 0.3) is 0 Å². The highest BCUT2D eigenvalue weighted by atomic mass is 32.2. The molecule has 0 spiro atoms. The van der Waals surface area contributed by atoms with Crippen molar-refractivity contribution in [3.05, 3.63) is 48.2 Å². The molecular formula is C17H23N3O3S. The van der Waals surface area contributed by atoms with Gasteiger partial charge in [-0.25, -0.2) is 13.1 Å². The van der Waals surface area contributed by atoms with Crippen LogP contribution in [0.4, 0.5) is 5.82 Å². The molecule has 6 nitrogen and oxygen atoms in total. The maximum Gasteiger partial charge on any atom is 0.240 e. The Bertz CT molecular complexity index is 767. The highest BCUT2D eigenvalue weighted by Gasteiger charge is 2.19. The second-order valence-electron chi connectivity index (χ2n) is 6.17. The molecule has 24 heavy (non-hydrogen) atoms. The lowest BCUT2D eigenvalue weighted by molar-refractivity contribution is -0.113. The molecule has 130 valence electrons. The molecule has 0 bridgehead atoms. The third kappa shape index (κ3) is 5.81.